The molecule has 1 aromatic heterocycles. The lowest BCUT2D eigenvalue weighted by Gasteiger charge is -2.20. The van der Waals surface area contributed by atoms with Crippen LogP contribution in [-0.4, -0.2) is 30.0 Å². The number of benzene rings is 1. The van der Waals surface area contributed by atoms with E-state index >= 15 is 0 Å². The van der Waals surface area contributed by atoms with Gasteiger partial charge < -0.3 is 10.1 Å². The zero-order valence-electron chi connectivity index (χ0n) is 15.9. The quantitative estimate of drug-likeness (QED) is 0.706. The topological polar surface area (TPSA) is 63.1 Å². The molecule has 2 unspecified atom stereocenters. The van der Waals surface area contributed by atoms with Gasteiger partial charge in [0.25, 0.3) is 0 Å². The maximum atomic E-state index is 14.0. The van der Waals surface area contributed by atoms with E-state index in [-0.39, 0.29) is 17.6 Å². The summed E-state index contributed by atoms with van der Waals surface area (Å²) in [6.45, 7) is 9.60. The molecule has 2 aromatic rings. The van der Waals surface area contributed by atoms with Crippen LogP contribution in [0.1, 0.15) is 35.5 Å². The first-order valence-electron chi connectivity index (χ1n) is 9.10. The largest absolute Gasteiger partial charge is 0.494 e. The molecule has 2 atom stereocenters. The van der Waals surface area contributed by atoms with E-state index in [2.05, 4.69) is 42.0 Å². The second-order valence-corrected chi connectivity index (χ2v) is 6.75. The number of nitrogens with one attached hydrogen (secondary N) is 3. The van der Waals surface area contributed by atoms with Gasteiger partial charge >= 0.3 is 0 Å². The van der Waals surface area contributed by atoms with E-state index in [0.717, 1.165) is 37.4 Å². The van der Waals surface area contributed by atoms with Crippen LogP contribution < -0.4 is 20.9 Å². The lowest BCUT2D eigenvalue weighted by atomic mass is 9.94. The Kier molecular flexibility index (Phi) is 5.90. The van der Waals surface area contributed by atoms with E-state index in [1.807, 2.05) is 10.7 Å². The van der Waals surface area contributed by atoms with Gasteiger partial charge in [0.2, 0.25) is 0 Å². The number of nitrogens with zero attached hydrogens (tertiary/aromatic N) is 2. The number of rotatable bonds is 7. The van der Waals surface area contributed by atoms with Crippen molar-refractivity contribution in [3.63, 3.8) is 0 Å². The summed E-state index contributed by atoms with van der Waals surface area (Å²) in [7, 11) is 1.48. The smallest absolute Gasteiger partial charge is 0.165 e. The monoisotopic (exact) mass is 361 g/mol. The molecule has 1 aliphatic rings. The molecule has 3 rings (SSSR count). The minimum absolute atomic E-state index is 0.0588. The first-order chi connectivity index (χ1) is 12.5. The normalized spacial score (nSPS) is 19.9. The van der Waals surface area contributed by atoms with Crippen LogP contribution in [0.25, 0.3) is 0 Å². The third kappa shape index (κ3) is 3.75. The number of methoxy groups -OCH3 is 1. The Bertz CT molecular complexity index is 761. The number of aryl methyl sites for hydroxylation is 2. The van der Waals surface area contributed by atoms with E-state index in [1.54, 1.807) is 12.1 Å². The van der Waals surface area contributed by atoms with Crippen LogP contribution in [-0.2, 0) is 13.1 Å². The van der Waals surface area contributed by atoms with Crippen molar-refractivity contribution in [3.05, 3.63) is 46.5 Å². The minimum atomic E-state index is -0.330. The Morgan fingerprint density at radius 3 is 2.85 bits per heavy atom. The number of ether oxygens (including phenoxy) is 1. The molecule has 7 heteroatoms. The molecular weight excluding hydrogens is 333 g/mol. The van der Waals surface area contributed by atoms with Gasteiger partial charge in [0.1, 0.15) is 0 Å². The molecule has 0 bridgehead atoms. The van der Waals surface area contributed by atoms with E-state index in [0.29, 0.717) is 5.92 Å². The maximum Gasteiger partial charge on any atom is 0.165 e. The zero-order chi connectivity index (χ0) is 18.7. The Balaban J connectivity index is 1.63. The maximum absolute atomic E-state index is 14.0. The third-order valence-corrected chi connectivity index (χ3v) is 5.17. The van der Waals surface area contributed by atoms with Crippen molar-refractivity contribution in [1.29, 1.82) is 0 Å². The van der Waals surface area contributed by atoms with Gasteiger partial charge in [-0.05, 0) is 38.5 Å². The van der Waals surface area contributed by atoms with Gasteiger partial charge in [0, 0.05) is 43.4 Å². The molecule has 26 heavy (non-hydrogen) atoms. The van der Waals surface area contributed by atoms with Gasteiger partial charge in [-0.15, -0.1) is 0 Å². The lowest BCUT2D eigenvalue weighted by molar-refractivity contribution is 0.384. The van der Waals surface area contributed by atoms with Gasteiger partial charge in [0.15, 0.2) is 11.6 Å². The molecule has 1 fully saturated rings. The van der Waals surface area contributed by atoms with Crippen molar-refractivity contribution in [2.75, 3.05) is 20.2 Å². The summed E-state index contributed by atoms with van der Waals surface area (Å²) in [5.74, 6) is 0.265. The summed E-state index contributed by atoms with van der Waals surface area (Å²) < 4.78 is 21.1. The molecule has 0 saturated carbocycles. The fourth-order valence-corrected chi connectivity index (χ4v) is 3.64. The zero-order valence-corrected chi connectivity index (χ0v) is 15.9. The molecule has 0 aliphatic carbocycles. The van der Waals surface area contributed by atoms with Crippen molar-refractivity contribution >= 4 is 0 Å². The van der Waals surface area contributed by atoms with Gasteiger partial charge in [-0.2, -0.15) is 5.10 Å². The number of hydrogen-bond acceptors (Lipinski definition) is 5. The first kappa shape index (κ1) is 18.8. The highest BCUT2D eigenvalue weighted by atomic mass is 19.1. The number of halogens is 1. The first-order valence-corrected chi connectivity index (χ1v) is 9.10. The highest BCUT2D eigenvalue weighted by Crippen LogP contribution is 2.28. The Labute approximate surface area is 154 Å². The van der Waals surface area contributed by atoms with Crippen LogP contribution >= 0.6 is 0 Å². The van der Waals surface area contributed by atoms with E-state index < -0.39 is 0 Å². The fraction of sp³-hybridized carbons (Fsp3) is 0.526. The third-order valence-electron chi connectivity index (χ3n) is 5.17. The van der Waals surface area contributed by atoms with E-state index in [1.165, 1.54) is 18.4 Å². The molecule has 3 N–H and O–H groups in total. The summed E-state index contributed by atoms with van der Waals surface area (Å²) in [5.41, 5.74) is 10.9. The van der Waals surface area contributed by atoms with Gasteiger partial charge in [-0.3, -0.25) is 10.1 Å². The predicted octanol–water partition coefficient (Wildman–Crippen LogP) is 2.22. The fourth-order valence-electron chi connectivity index (χ4n) is 3.64. The lowest BCUT2D eigenvalue weighted by Crippen LogP contribution is -2.29. The molecule has 1 aliphatic heterocycles. The molecule has 142 valence electrons. The van der Waals surface area contributed by atoms with Crippen LogP contribution in [0, 0.1) is 25.6 Å². The summed E-state index contributed by atoms with van der Waals surface area (Å²) in [6, 6.07) is 5.21. The van der Waals surface area contributed by atoms with E-state index in [4.69, 9.17) is 4.74 Å². The Morgan fingerprint density at radius 1 is 1.38 bits per heavy atom. The molecular formula is C19H28FN5O. The summed E-state index contributed by atoms with van der Waals surface area (Å²) in [4.78, 5) is 0. The van der Waals surface area contributed by atoms with E-state index in [9.17, 15) is 4.39 Å². The van der Waals surface area contributed by atoms with Crippen LogP contribution in [0.3, 0.4) is 0 Å². The van der Waals surface area contributed by atoms with Crippen molar-refractivity contribution in [2.45, 2.75) is 39.9 Å². The van der Waals surface area contributed by atoms with Crippen molar-refractivity contribution in [3.8, 4) is 5.75 Å². The average Bonchev–Trinajstić information content (AvgIpc) is 3.20. The van der Waals surface area contributed by atoms with Crippen molar-refractivity contribution in [2.24, 2.45) is 5.92 Å². The Morgan fingerprint density at radius 2 is 2.19 bits per heavy atom. The van der Waals surface area contributed by atoms with Gasteiger partial charge in [-0.25, -0.2) is 9.82 Å². The molecule has 0 radical (unpaired) electrons. The summed E-state index contributed by atoms with van der Waals surface area (Å²) in [6.07, 6.45) is 0. The SMILES string of the molecule is CCn1nc(C)c(CNCC2CNNC2c2ccc(OC)c(F)c2)c1C. The molecule has 0 spiro atoms. The molecule has 1 saturated heterocycles. The molecule has 0 amide bonds. The molecule has 1 aromatic carbocycles. The highest BCUT2D eigenvalue weighted by molar-refractivity contribution is 5.32. The van der Waals surface area contributed by atoms with Gasteiger partial charge in [-0.1, -0.05) is 6.07 Å². The number of aromatic nitrogens is 2. The van der Waals surface area contributed by atoms with Crippen molar-refractivity contribution in [1.82, 2.24) is 25.9 Å². The van der Waals surface area contributed by atoms with Crippen LogP contribution in [0.2, 0.25) is 0 Å². The second kappa shape index (κ2) is 8.16. The minimum Gasteiger partial charge on any atom is -0.494 e. The average molecular weight is 361 g/mol. The number of hydrazine groups is 1. The van der Waals surface area contributed by atoms with Gasteiger partial charge in [0.05, 0.1) is 18.8 Å². The van der Waals surface area contributed by atoms with Crippen LogP contribution in [0.4, 0.5) is 4.39 Å². The van der Waals surface area contributed by atoms with Crippen LogP contribution in [0.15, 0.2) is 18.2 Å². The molecule has 2 heterocycles. The summed E-state index contributed by atoms with van der Waals surface area (Å²) in [5, 5.41) is 8.11. The Hall–Kier alpha value is -1.96. The highest BCUT2D eigenvalue weighted by Gasteiger charge is 2.28. The van der Waals surface area contributed by atoms with Crippen molar-refractivity contribution < 1.29 is 9.13 Å². The molecule has 6 nitrogen and oxygen atoms in total. The second-order valence-electron chi connectivity index (χ2n) is 6.75. The summed E-state index contributed by atoms with van der Waals surface area (Å²) >= 11 is 0. The standard InChI is InChI=1S/C19H28FN5O/c1-5-25-13(3)16(12(2)24-25)11-21-9-15-10-22-23-19(15)14-6-7-18(26-4)17(20)8-14/h6-8,15,19,21-23H,5,9-11H2,1-4H3. The predicted molar refractivity (Wildman–Crippen MR) is 99.4 cm³/mol. The van der Waals surface area contributed by atoms with Crippen LogP contribution in [0.5, 0.6) is 5.75 Å². The number of hydrogen-bond donors (Lipinski definition) is 3.